The summed E-state index contributed by atoms with van der Waals surface area (Å²) in [6.07, 6.45) is 0.134. The van der Waals surface area contributed by atoms with E-state index in [0.29, 0.717) is 6.61 Å². The van der Waals surface area contributed by atoms with Crippen molar-refractivity contribution in [3.8, 4) is 5.75 Å². The summed E-state index contributed by atoms with van der Waals surface area (Å²) >= 11 is 1.58. The second-order valence-electron chi connectivity index (χ2n) is 5.10. The van der Waals surface area contributed by atoms with E-state index in [1.165, 1.54) is 0 Å². The summed E-state index contributed by atoms with van der Waals surface area (Å²) in [5.74, 6) is -0.695. The van der Waals surface area contributed by atoms with Crippen LogP contribution in [0.25, 0.3) is 0 Å². The monoisotopic (exact) mass is 316 g/mol. The second-order valence-corrected chi connectivity index (χ2v) is 6.08. The number of hydrogen-bond donors (Lipinski definition) is 0. The Hall–Kier alpha value is -2.14. The number of esters is 2. The van der Waals surface area contributed by atoms with Crippen molar-refractivity contribution in [2.45, 2.75) is 19.3 Å². The Balaban J connectivity index is 1.95. The Morgan fingerprint density at radius 3 is 2.59 bits per heavy atom. The zero-order valence-electron chi connectivity index (χ0n) is 12.2. The fourth-order valence-corrected chi connectivity index (χ4v) is 3.67. The fraction of sp³-hybridized carbons (Fsp3) is 0.294. The topological polar surface area (TPSA) is 52.6 Å². The number of cyclic esters (lactones) is 2. The largest absolute Gasteiger partial charge is 0.494 e. The predicted octanol–water partition coefficient (Wildman–Crippen LogP) is 3.37. The van der Waals surface area contributed by atoms with Crippen LogP contribution in [0.4, 0.5) is 0 Å². The van der Waals surface area contributed by atoms with Gasteiger partial charge in [0.2, 0.25) is 0 Å². The van der Waals surface area contributed by atoms with E-state index in [4.69, 9.17) is 9.47 Å². The molecule has 0 bridgehead atoms. The molecule has 3 rings (SSSR count). The number of benzene rings is 1. The normalized spacial score (nSPS) is 19.0. The SMILES string of the molecule is CCOc1ccc(C(c2cccs2)C2CC(=O)OC2=O)cc1. The van der Waals surface area contributed by atoms with Gasteiger partial charge in [0, 0.05) is 10.8 Å². The number of carbonyl (C=O) groups excluding carboxylic acids is 2. The van der Waals surface area contributed by atoms with Crippen LogP contribution in [0, 0.1) is 5.92 Å². The molecule has 2 heterocycles. The minimum absolute atomic E-state index is 0.134. The summed E-state index contributed by atoms with van der Waals surface area (Å²) in [5.41, 5.74) is 0.988. The molecule has 2 unspecified atom stereocenters. The second kappa shape index (κ2) is 6.32. The third kappa shape index (κ3) is 2.90. The summed E-state index contributed by atoms with van der Waals surface area (Å²) in [5, 5.41) is 1.97. The number of hydrogen-bond acceptors (Lipinski definition) is 5. The molecule has 0 N–H and O–H groups in total. The Labute approximate surface area is 132 Å². The zero-order valence-corrected chi connectivity index (χ0v) is 13.0. The van der Waals surface area contributed by atoms with Crippen LogP contribution in [0.2, 0.25) is 0 Å². The maximum Gasteiger partial charge on any atom is 0.318 e. The van der Waals surface area contributed by atoms with Crippen molar-refractivity contribution >= 4 is 23.3 Å². The van der Waals surface area contributed by atoms with E-state index in [0.717, 1.165) is 16.2 Å². The Morgan fingerprint density at radius 1 is 1.27 bits per heavy atom. The van der Waals surface area contributed by atoms with Crippen LogP contribution in [0.15, 0.2) is 41.8 Å². The highest BCUT2D eigenvalue weighted by Gasteiger charge is 2.41. The Bertz CT molecular complexity index is 660. The van der Waals surface area contributed by atoms with E-state index < -0.39 is 17.9 Å². The van der Waals surface area contributed by atoms with Crippen LogP contribution >= 0.6 is 11.3 Å². The first kappa shape index (κ1) is 14.8. The van der Waals surface area contributed by atoms with Gasteiger partial charge in [-0.1, -0.05) is 18.2 Å². The lowest BCUT2D eigenvalue weighted by Crippen LogP contribution is -2.18. The van der Waals surface area contributed by atoms with E-state index >= 15 is 0 Å². The van der Waals surface area contributed by atoms with Gasteiger partial charge in [0.1, 0.15) is 5.75 Å². The van der Waals surface area contributed by atoms with Gasteiger partial charge >= 0.3 is 11.9 Å². The first-order valence-corrected chi connectivity index (χ1v) is 8.07. The number of ether oxygens (including phenoxy) is 2. The lowest BCUT2D eigenvalue weighted by atomic mass is 9.84. The van der Waals surface area contributed by atoms with Gasteiger partial charge in [0.05, 0.1) is 18.9 Å². The van der Waals surface area contributed by atoms with E-state index in [1.54, 1.807) is 11.3 Å². The molecule has 0 saturated carbocycles. The highest BCUT2D eigenvalue weighted by atomic mass is 32.1. The highest BCUT2D eigenvalue weighted by molar-refractivity contribution is 7.10. The molecule has 0 spiro atoms. The molecular formula is C17H16O4S. The van der Waals surface area contributed by atoms with E-state index in [-0.39, 0.29) is 12.3 Å². The molecule has 5 heteroatoms. The van der Waals surface area contributed by atoms with Gasteiger partial charge in [-0.05, 0) is 36.1 Å². The molecule has 1 aromatic carbocycles. The fourth-order valence-electron chi connectivity index (χ4n) is 2.75. The van der Waals surface area contributed by atoms with Crippen LogP contribution < -0.4 is 4.74 Å². The van der Waals surface area contributed by atoms with Crippen molar-refractivity contribution in [2.24, 2.45) is 5.92 Å². The highest BCUT2D eigenvalue weighted by Crippen LogP contribution is 2.40. The average Bonchev–Trinajstić information content (AvgIpc) is 3.12. The smallest absolute Gasteiger partial charge is 0.318 e. The van der Waals surface area contributed by atoms with Gasteiger partial charge in [-0.2, -0.15) is 0 Å². The molecule has 1 aromatic heterocycles. The van der Waals surface area contributed by atoms with Gasteiger partial charge < -0.3 is 9.47 Å². The lowest BCUT2D eigenvalue weighted by Gasteiger charge is -2.20. The standard InChI is InChI=1S/C17H16O4S/c1-2-20-12-7-5-11(6-8-12)16(14-4-3-9-22-14)13-10-15(18)21-17(13)19/h3-9,13,16H,2,10H2,1H3. The molecular weight excluding hydrogens is 300 g/mol. The van der Waals surface area contributed by atoms with Crippen LogP contribution in [0.5, 0.6) is 5.75 Å². The summed E-state index contributed by atoms with van der Waals surface area (Å²) in [4.78, 5) is 24.5. The molecule has 2 aromatic rings. The van der Waals surface area contributed by atoms with E-state index in [1.807, 2.05) is 48.7 Å². The molecule has 1 saturated heterocycles. The van der Waals surface area contributed by atoms with E-state index in [2.05, 4.69) is 0 Å². The Kier molecular flexibility index (Phi) is 4.24. The van der Waals surface area contributed by atoms with Gasteiger partial charge in [0.15, 0.2) is 0 Å². The van der Waals surface area contributed by atoms with Crippen LogP contribution in [0.3, 0.4) is 0 Å². The summed E-state index contributed by atoms with van der Waals surface area (Å²) < 4.78 is 10.2. The van der Waals surface area contributed by atoms with Crippen LogP contribution in [0.1, 0.15) is 29.7 Å². The summed E-state index contributed by atoms with van der Waals surface area (Å²) in [6.45, 7) is 2.54. The minimum Gasteiger partial charge on any atom is -0.494 e. The van der Waals surface area contributed by atoms with Crippen molar-refractivity contribution < 1.29 is 19.1 Å². The molecule has 114 valence electrons. The maximum atomic E-state index is 12.0. The van der Waals surface area contributed by atoms with Crippen molar-refractivity contribution in [1.29, 1.82) is 0 Å². The van der Waals surface area contributed by atoms with Crippen LogP contribution in [-0.4, -0.2) is 18.5 Å². The van der Waals surface area contributed by atoms with Crippen molar-refractivity contribution in [2.75, 3.05) is 6.61 Å². The first-order valence-electron chi connectivity index (χ1n) is 7.19. The first-order chi connectivity index (χ1) is 10.7. The van der Waals surface area contributed by atoms with Crippen molar-refractivity contribution in [3.05, 3.63) is 52.2 Å². The van der Waals surface area contributed by atoms with Gasteiger partial charge in [0.25, 0.3) is 0 Å². The number of thiophene rings is 1. The molecule has 1 fully saturated rings. The maximum absolute atomic E-state index is 12.0. The van der Waals surface area contributed by atoms with Crippen molar-refractivity contribution in [1.82, 2.24) is 0 Å². The van der Waals surface area contributed by atoms with Gasteiger partial charge in [-0.15, -0.1) is 11.3 Å². The van der Waals surface area contributed by atoms with Crippen LogP contribution in [-0.2, 0) is 14.3 Å². The van der Waals surface area contributed by atoms with Gasteiger partial charge in [-0.3, -0.25) is 9.59 Å². The third-order valence-electron chi connectivity index (χ3n) is 3.71. The molecule has 0 amide bonds. The molecule has 1 aliphatic heterocycles. The summed E-state index contributed by atoms with van der Waals surface area (Å²) in [7, 11) is 0. The number of rotatable bonds is 5. The molecule has 0 aliphatic carbocycles. The average molecular weight is 316 g/mol. The predicted molar refractivity (Wildman–Crippen MR) is 83.0 cm³/mol. The number of carbonyl (C=O) groups is 2. The molecule has 22 heavy (non-hydrogen) atoms. The molecule has 1 aliphatic rings. The van der Waals surface area contributed by atoms with E-state index in [9.17, 15) is 9.59 Å². The van der Waals surface area contributed by atoms with Crippen molar-refractivity contribution in [3.63, 3.8) is 0 Å². The molecule has 0 radical (unpaired) electrons. The third-order valence-corrected chi connectivity index (χ3v) is 4.66. The minimum atomic E-state index is -0.455. The lowest BCUT2D eigenvalue weighted by molar-refractivity contribution is -0.153. The Morgan fingerprint density at radius 2 is 2.05 bits per heavy atom. The molecule has 2 atom stereocenters. The quantitative estimate of drug-likeness (QED) is 0.627. The summed E-state index contributed by atoms with van der Waals surface area (Å²) in [6, 6.07) is 11.6. The zero-order chi connectivity index (χ0) is 15.5. The van der Waals surface area contributed by atoms with Gasteiger partial charge in [-0.25, -0.2) is 0 Å². The molecule has 4 nitrogen and oxygen atoms in total.